The third-order valence-corrected chi connectivity index (χ3v) is 5.41. The molecule has 2 amide bonds. The molecule has 0 bridgehead atoms. The molecule has 2 aromatic carbocycles. The fourth-order valence-corrected chi connectivity index (χ4v) is 3.83. The molecule has 2 aromatic rings. The van der Waals surface area contributed by atoms with Crippen LogP contribution in [0.2, 0.25) is 0 Å². The molecule has 28 heavy (non-hydrogen) atoms. The van der Waals surface area contributed by atoms with Crippen molar-refractivity contribution in [2.75, 3.05) is 11.1 Å². The van der Waals surface area contributed by atoms with Crippen molar-refractivity contribution in [2.45, 2.75) is 19.3 Å². The Bertz CT molecular complexity index is 980. The van der Waals surface area contributed by atoms with E-state index in [0.717, 1.165) is 23.0 Å². The van der Waals surface area contributed by atoms with Gasteiger partial charge >= 0.3 is 0 Å². The Balaban J connectivity index is 1.76. The van der Waals surface area contributed by atoms with Gasteiger partial charge in [-0.2, -0.15) is 5.26 Å². The van der Waals surface area contributed by atoms with Crippen LogP contribution >= 0.6 is 11.8 Å². The van der Waals surface area contributed by atoms with Crippen LogP contribution in [-0.2, 0) is 9.59 Å². The normalized spacial score (nSPS) is 16.3. The van der Waals surface area contributed by atoms with Gasteiger partial charge in [0.1, 0.15) is 5.82 Å². The Morgan fingerprint density at radius 1 is 1.29 bits per heavy atom. The molecule has 0 fully saturated rings. The van der Waals surface area contributed by atoms with Gasteiger partial charge in [0.05, 0.1) is 22.4 Å². The van der Waals surface area contributed by atoms with Crippen molar-refractivity contribution in [3.8, 4) is 6.07 Å². The van der Waals surface area contributed by atoms with Crippen LogP contribution in [0, 0.1) is 24.1 Å². The third-order valence-electron chi connectivity index (χ3n) is 4.40. The first-order chi connectivity index (χ1) is 13.5. The molecule has 0 unspecified atom stereocenters. The van der Waals surface area contributed by atoms with Gasteiger partial charge in [0.15, 0.2) is 0 Å². The minimum absolute atomic E-state index is 0.0469. The Labute approximate surface area is 166 Å². The molecule has 0 spiro atoms. The molecule has 0 aliphatic carbocycles. The average molecular weight is 395 g/mol. The van der Waals surface area contributed by atoms with E-state index in [4.69, 9.17) is 0 Å². The zero-order chi connectivity index (χ0) is 20.1. The summed E-state index contributed by atoms with van der Waals surface area (Å²) in [4.78, 5) is 24.4. The van der Waals surface area contributed by atoms with Crippen molar-refractivity contribution >= 4 is 29.3 Å². The van der Waals surface area contributed by atoms with E-state index < -0.39 is 5.92 Å². The maximum absolute atomic E-state index is 13.2. The SMILES string of the molecule is Cc1ccccc1NC(=O)CSC1=C(C#N)[C@H](c2ccc(F)cc2)CC(=O)N1. The standard InChI is InChI=1S/C21H18FN3O2S/c1-13-4-2-3-5-18(13)24-20(27)12-28-21-17(11-23)16(10-19(26)25-21)14-6-8-15(22)9-7-14/h2-9,16H,10,12H2,1H3,(H,24,27)(H,25,26)/t16-/m0/s1. The number of amides is 2. The van der Waals surface area contributed by atoms with E-state index in [9.17, 15) is 19.2 Å². The van der Waals surface area contributed by atoms with Crippen molar-refractivity contribution < 1.29 is 14.0 Å². The number of allylic oxidation sites excluding steroid dienone is 1. The van der Waals surface area contributed by atoms with Crippen LogP contribution in [0.1, 0.15) is 23.5 Å². The number of para-hydroxylation sites is 1. The monoisotopic (exact) mass is 395 g/mol. The summed E-state index contributed by atoms with van der Waals surface area (Å²) in [6.07, 6.45) is 0.105. The second kappa shape index (κ2) is 8.72. The zero-order valence-corrected chi connectivity index (χ0v) is 16.0. The summed E-state index contributed by atoms with van der Waals surface area (Å²) in [6.45, 7) is 1.90. The highest BCUT2D eigenvalue weighted by molar-refractivity contribution is 8.03. The minimum atomic E-state index is -0.457. The predicted molar refractivity (Wildman–Crippen MR) is 107 cm³/mol. The summed E-state index contributed by atoms with van der Waals surface area (Å²) in [6, 6.07) is 15.3. The molecule has 0 saturated carbocycles. The lowest BCUT2D eigenvalue weighted by Crippen LogP contribution is -2.31. The van der Waals surface area contributed by atoms with Gasteiger partial charge in [-0.1, -0.05) is 42.1 Å². The highest BCUT2D eigenvalue weighted by Crippen LogP contribution is 2.36. The molecule has 1 aliphatic rings. The van der Waals surface area contributed by atoms with Gasteiger partial charge in [0.25, 0.3) is 0 Å². The Hall–Kier alpha value is -3.11. The van der Waals surface area contributed by atoms with Crippen molar-refractivity contribution in [3.63, 3.8) is 0 Å². The first kappa shape index (κ1) is 19.6. The van der Waals surface area contributed by atoms with E-state index in [2.05, 4.69) is 16.7 Å². The number of halogens is 1. The molecule has 0 saturated heterocycles. The number of thioether (sulfide) groups is 1. The number of benzene rings is 2. The molecule has 2 N–H and O–H groups in total. The molecule has 1 aliphatic heterocycles. The minimum Gasteiger partial charge on any atom is -0.325 e. The van der Waals surface area contributed by atoms with E-state index in [1.807, 2.05) is 31.2 Å². The van der Waals surface area contributed by atoms with Crippen LogP contribution in [0.25, 0.3) is 0 Å². The number of carbonyl (C=O) groups is 2. The lowest BCUT2D eigenvalue weighted by atomic mass is 9.87. The molecule has 0 radical (unpaired) electrons. The molecule has 5 nitrogen and oxygen atoms in total. The largest absolute Gasteiger partial charge is 0.325 e. The fraction of sp³-hybridized carbons (Fsp3) is 0.190. The van der Waals surface area contributed by atoms with Gasteiger partial charge in [-0.25, -0.2) is 4.39 Å². The van der Waals surface area contributed by atoms with Crippen LogP contribution in [0.15, 0.2) is 59.1 Å². The van der Waals surface area contributed by atoms with Crippen molar-refractivity contribution in [3.05, 3.63) is 76.1 Å². The molecule has 1 heterocycles. The summed E-state index contributed by atoms with van der Waals surface area (Å²) in [5, 5.41) is 15.5. The van der Waals surface area contributed by atoms with E-state index in [1.54, 1.807) is 12.1 Å². The molecule has 0 aromatic heterocycles. The van der Waals surface area contributed by atoms with Crippen LogP contribution in [0.5, 0.6) is 0 Å². The Morgan fingerprint density at radius 3 is 2.68 bits per heavy atom. The zero-order valence-electron chi connectivity index (χ0n) is 15.2. The number of aryl methyl sites for hydroxylation is 1. The fourth-order valence-electron chi connectivity index (χ4n) is 2.95. The molecule has 7 heteroatoms. The van der Waals surface area contributed by atoms with Crippen LogP contribution in [0.4, 0.5) is 10.1 Å². The molecule has 1 atom stereocenters. The van der Waals surface area contributed by atoms with Crippen LogP contribution < -0.4 is 10.6 Å². The average Bonchev–Trinajstić information content (AvgIpc) is 2.68. The third kappa shape index (κ3) is 4.59. The second-order valence-corrected chi connectivity index (χ2v) is 7.35. The number of nitrogens with zero attached hydrogens (tertiary/aromatic N) is 1. The predicted octanol–water partition coefficient (Wildman–Crippen LogP) is 3.84. The highest BCUT2D eigenvalue weighted by Gasteiger charge is 2.29. The molecular formula is C21H18FN3O2S. The van der Waals surface area contributed by atoms with Gasteiger partial charge in [0, 0.05) is 18.0 Å². The van der Waals surface area contributed by atoms with Gasteiger partial charge < -0.3 is 10.6 Å². The van der Waals surface area contributed by atoms with Gasteiger partial charge in [-0.3, -0.25) is 9.59 Å². The maximum atomic E-state index is 13.2. The number of hydrogen-bond acceptors (Lipinski definition) is 4. The number of hydrogen-bond donors (Lipinski definition) is 2. The summed E-state index contributed by atoms with van der Waals surface area (Å²) in [5.41, 5.74) is 2.73. The van der Waals surface area contributed by atoms with Crippen molar-refractivity contribution in [1.29, 1.82) is 5.26 Å². The summed E-state index contributed by atoms with van der Waals surface area (Å²) in [5.74, 6) is -1.27. The number of carbonyl (C=O) groups excluding carboxylic acids is 2. The van der Waals surface area contributed by atoms with E-state index in [0.29, 0.717) is 16.2 Å². The van der Waals surface area contributed by atoms with Crippen LogP contribution in [-0.4, -0.2) is 17.6 Å². The second-order valence-electron chi connectivity index (χ2n) is 6.36. The number of nitriles is 1. The van der Waals surface area contributed by atoms with Crippen molar-refractivity contribution in [1.82, 2.24) is 5.32 Å². The summed E-state index contributed by atoms with van der Waals surface area (Å²) < 4.78 is 13.2. The summed E-state index contributed by atoms with van der Waals surface area (Å²) >= 11 is 1.11. The Kier molecular flexibility index (Phi) is 6.12. The van der Waals surface area contributed by atoms with Gasteiger partial charge in [-0.05, 0) is 36.2 Å². The van der Waals surface area contributed by atoms with Crippen molar-refractivity contribution in [2.24, 2.45) is 0 Å². The topological polar surface area (TPSA) is 82.0 Å². The van der Waals surface area contributed by atoms with E-state index in [1.165, 1.54) is 12.1 Å². The van der Waals surface area contributed by atoms with E-state index in [-0.39, 0.29) is 29.8 Å². The first-order valence-electron chi connectivity index (χ1n) is 8.66. The summed E-state index contributed by atoms with van der Waals surface area (Å²) in [7, 11) is 0. The number of anilines is 1. The number of nitrogens with one attached hydrogen (secondary N) is 2. The van der Waals surface area contributed by atoms with Crippen LogP contribution in [0.3, 0.4) is 0 Å². The lowest BCUT2D eigenvalue weighted by molar-refractivity contribution is -0.121. The smallest absolute Gasteiger partial charge is 0.234 e. The molecule has 142 valence electrons. The van der Waals surface area contributed by atoms with E-state index >= 15 is 0 Å². The molecule has 3 rings (SSSR count). The molecular weight excluding hydrogens is 377 g/mol. The highest BCUT2D eigenvalue weighted by atomic mass is 32.2. The van der Waals surface area contributed by atoms with Gasteiger partial charge in [-0.15, -0.1) is 0 Å². The maximum Gasteiger partial charge on any atom is 0.234 e. The number of rotatable bonds is 5. The quantitative estimate of drug-likeness (QED) is 0.806. The Morgan fingerprint density at radius 2 is 2.00 bits per heavy atom. The first-order valence-corrected chi connectivity index (χ1v) is 9.64. The lowest BCUT2D eigenvalue weighted by Gasteiger charge is -2.25. The van der Waals surface area contributed by atoms with Gasteiger partial charge in [0.2, 0.25) is 11.8 Å².